The zero-order chi connectivity index (χ0) is 50.2. The molecule has 0 bridgehead atoms. The third kappa shape index (κ3) is 20.7. The molecule has 0 aliphatic carbocycles. The van der Waals surface area contributed by atoms with Gasteiger partial charge >= 0.3 is 11.9 Å². The zero-order valence-electron chi connectivity index (χ0n) is 42.0. The summed E-state index contributed by atoms with van der Waals surface area (Å²) in [5, 5.41) is 0. The normalized spacial score (nSPS) is 11.3. The maximum absolute atomic E-state index is 14.0. The number of unbranched alkanes of at least 4 members (excludes halogenated alkanes) is 12. The SMILES string of the molecule is CCCCCCCC/C=C/CCCCCCCCOC(=O)CSCC(=O)Oc1ccc(CC(C(=O)/C=C/c2cc(OC)c(OC)c(OC)c2)C(=O)/C=C/c2cc(OC)c(OC)c(OC)c2)cc1OC. The predicted molar refractivity (Wildman–Crippen MR) is 274 cm³/mol. The third-order valence-corrected chi connectivity index (χ3v) is 12.1. The summed E-state index contributed by atoms with van der Waals surface area (Å²) in [6.07, 6.45) is 27.3. The molecule has 13 nitrogen and oxygen atoms in total. The van der Waals surface area contributed by atoms with Gasteiger partial charge in [-0.1, -0.05) is 95.1 Å². The molecule has 69 heavy (non-hydrogen) atoms. The molecule has 14 heteroatoms. The highest BCUT2D eigenvalue weighted by Gasteiger charge is 2.25. The summed E-state index contributed by atoms with van der Waals surface area (Å²) in [7, 11) is 10.4. The number of allylic oxidation sites excluding steroid dienone is 4. The molecule has 3 aromatic rings. The van der Waals surface area contributed by atoms with E-state index >= 15 is 0 Å². The van der Waals surface area contributed by atoms with Gasteiger partial charge in [0.05, 0.1) is 73.8 Å². The first-order valence-corrected chi connectivity index (χ1v) is 25.0. The molecule has 0 N–H and O–H groups in total. The van der Waals surface area contributed by atoms with Crippen molar-refractivity contribution in [3.63, 3.8) is 0 Å². The Hall–Kier alpha value is -5.89. The lowest BCUT2D eigenvalue weighted by molar-refractivity contribution is -0.140. The van der Waals surface area contributed by atoms with Crippen LogP contribution in [0.2, 0.25) is 0 Å². The number of ketones is 2. The zero-order valence-corrected chi connectivity index (χ0v) is 42.8. The molecule has 3 rings (SSSR count). The number of hydrogen-bond acceptors (Lipinski definition) is 14. The van der Waals surface area contributed by atoms with Crippen molar-refractivity contribution < 1.29 is 61.8 Å². The standard InChI is InChI=1S/C55H74O13S/c1-9-10-11-12-13-14-15-16-17-18-19-20-21-22-23-24-31-67-52(58)38-69-39-53(59)68-46-30-27-40(33-47(46)60-2)32-43(44(56)28-25-41-34-48(61-3)54(65-7)49(35-41)62-4)45(57)29-26-42-36-50(63-5)55(66-8)51(37-42)64-6/h16-17,25-30,33-37,43H,9-15,18-24,31-32,38-39H2,1-8H3/b17-16+,28-25+,29-26+. The fourth-order valence-electron chi connectivity index (χ4n) is 7.43. The van der Waals surface area contributed by atoms with E-state index in [2.05, 4.69) is 19.1 Å². The van der Waals surface area contributed by atoms with Crippen LogP contribution < -0.4 is 37.9 Å². The van der Waals surface area contributed by atoms with Crippen molar-refractivity contribution in [1.29, 1.82) is 0 Å². The van der Waals surface area contributed by atoms with Gasteiger partial charge < -0.3 is 42.6 Å². The second-order valence-corrected chi connectivity index (χ2v) is 17.2. The number of esters is 2. The quantitative estimate of drug-likeness (QED) is 0.0136. The van der Waals surface area contributed by atoms with Crippen molar-refractivity contribution in [2.24, 2.45) is 5.92 Å². The van der Waals surface area contributed by atoms with Crippen LogP contribution in [0.1, 0.15) is 114 Å². The molecule has 0 aliphatic rings. The van der Waals surface area contributed by atoms with Crippen molar-refractivity contribution in [2.75, 3.05) is 67.9 Å². The van der Waals surface area contributed by atoms with Crippen LogP contribution in [0.25, 0.3) is 12.2 Å². The Morgan fingerprint density at radius 3 is 1.42 bits per heavy atom. The van der Waals surface area contributed by atoms with Crippen molar-refractivity contribution in [3.8, 4) is 46.0 Å². The predicted octanol–water partition coefficient (Wildman–Crippen LogP) is 11.7. The molecule has 0 fully saturated rings. The van der Waals surface area contributed by atoms with Crippen LogP contribution >= 0.6 is 11.8 Å². The lowest BCUT2D eigenvalue weighted by Gasteiger charge is -2.15. The smallest absolute Gasteiger partial charge is 0.321 e. The lowest BCUT2D eigenvalue weighted by atomic mass is 9.90. The number of carbonyl (C=O) groups is 4. The van der Waals surface area contributed by atoms with Crippen LogP contribution in [-0.2, 0) is 30.3 Å². The van der Waals surface area contributed by atoms with Gasteiger partial charge in [-0.15, -0.1) is 11.8 Å². The largest absolute Gasteiger partial charge is 0.493 e. The number of hydrogen-bond donors (Lipinski definition) is 0. The summed E-state index contributed by atoms with van der Waals surface area (Å²) < 4.78 is 49.3. The van der Waals surface area contributed by atoms with Gasteiger partial charge in [-0.3, -0.25) is 19.2 Å². The van der Waals surface area contributed by atoms with Gasteiger partial charge in [0.1, 0.15) is 0 Å². The molecule has 0 radical (unpaired) electrons. The molecular weight excluding hydrogens is 901 g/mol. The third-order valence-electron chi connectivity index (χ3n) is 11.2. The highest BCUT2D eigenvalue weighted by Crippen LogP contribution is 2.40. The first-order chi connectivity index (χ1) is 33.5. The van der Waals surface area contributed by atoms with Crippen LogP contribution in [0.3, 0.4) is 0 Å². The van der Waals surface area contributed by atoms with Gasteiger partial charge in [-0.25, -0.2) is 0 Å². The highest BCUT2D eigenvalue weighted by molar-refractivity contribution is 8.00. The van der Waals surface area contributed by atoms with Gasteiger partial charge in [0.2, 0.25) is 11.5 Å². The van der Waals surface area contributed by atoms with Gasteiger partial charge in [0, 0.05) is 0 Å². The van der Waals surface area contributed by atoms with E-state index < -0.39 is 23.5 Å². The Morgan fingerprint density at radius 2 is 0.957 bits per heavy atom. The summed E-state index contributed by atoms with van der Waals surface area (Å²) in [5.41, 5.74) is 1.72. The summed E-state index contributed by atoms with van der Waals surface area (Å²) in [6, 6.07) is 11.6. The lowest BCUT2D eigenvalue weighted by Crippen LogP contribution is -2.23. The van der Waals surface area contributed by atoms with Crippen LogP contribution in [0.4, 0.5) is 0 Å². The number of methoxy groups -OCH3 is 7. The fourth-order valence-corrected chi connectivity index (χ4v) is 8.01. The van der Waals surface area contributed by atoms with E-state index in [1.807, 2.05) is 0 Å². The van der Waals surface area contributed by atoms with Crippen molar-refractivity contribution in [2.45, 2.75) is 103 Å². The summed E-state index contributed by atoms with van der Waals surface area (Å²) in [6.45, 7) is 2.61. The molecule has 0 aromatic heterocycles. The van der Waals surface area contributed by atoms with Crippen LogP contribution in [-0.4, -0.2) is 91.4 Å². The van der Waals surface area contributed by atoms with Gasteiger partial charge in [0.15, 0.2) is 46.1 Å². The number of rotatable bonds is 36. The van der Waals surface area contributed by atoms with Crippen LogP contribution in [0, 0.1) is 5.92 Å². The van der Waals surface area contributed by atoms with Crippen LogP contribution in [0.5, 0.6) is 46.0 Å². The van der Waals surface area contributed by atoms with E-state index in [0.29, 0.717) is 57.8 Å². The topological polar surface area (TPSA) is 151 Å². The Balaban J connectivity index is 1.56. The minimum absolute atomic E-state index is 0.0169. The first kappa shape index (κ1) is 57.4. The minimum atomic E-state index is -1.17. The van der Waals surface area contributed by atoms with Crippen molar-refractivity contribution in [1.82, 2.24) is 0 Å². The number of carbonyl (C=O) groups excluding carboxylic acids is 4. The summed E-state index contributed by atoms with van der Waals surface area (Å²) in [4.78, 5) is 53.1. The molecule has 0 spiro atoms. The van der Waals surface area contributed by atoms with Crippen molar-refractivity contribution >= 4 is 47.4 Å². The second kappa shape index (κ2) is 33.6. The van der Waals surface area contributed by atoms with Crippen molar-refractivity contribution in [3.05, 3.63) is 83.5 Å². The molecule has 0 atom stereocenters. The van der Waals surface area contributed by atoms with E-state index in [4.69, 9.17) is 42.6 Å². The molecule has 0 unspecified atom stereocenters. The molecular formula is C55H74O13S. The number of ether oxygens (including phenoxy) is 9. The molecule has 0 aliphatic heterocycles. The van der Waals surface area contributed by atoms with E-state index in [1.54, 1.807) is 54.6 Å². The van der Waals surface area contributed by atoms with Gasteiger partial charge in [-0.2, -0.15) is 0 Å². The first-order valence-electron chi connectivity index (χ1n) is 23.9. The monoisotopic (exact) mass is 974 g/mol. The summed E-state index contributed by atoms with van der Waals surface area (Å²) >= 11 is 1.10. The van der Waals surface area contributed by atoms with Gasteiger partial charge in [-0.05, 0) is 104 Å². The molecule has 0 heterocycles. The second-order valence-electron chi connectivity index (χ2n) is 16.3. The van der Waals surface area contributed by atoms with E-state index in [-0.39, 0.29) is 35.4 Å². The highest BCUT2D eigenvalue weighted by atomic mass is 32.2. The average Bonchev–Trinajstić information content (AvgIpc) is 3.36. The van der Waals surface area contributed by atoms with E-state index in [0.717, 1.165) is 37.4 Å². The Labute approximate surface area is 414 Å². The Kier molecular flexibility index (Phi) is 27.9. The Bertz CT molecular complexity index is 2010. The molecule has 0 saturated carbocycles. The van der Waals surface area contributed by atoms with Crippen LogP contribution in [0.15, 0.2) is 66.8 Å². The maximum Gasteiger partial charge on any atom is 0.321 e. The number of benzene rings is 3. The molecule has 0 amide bonds. The summed E-state index contributed by atoms with van der Waals surface area (Å²) in [5.74, 6) is -0.405. The van der Waals surface area contributed by atoms with E-state index in [1.165, 1.54) is 126 Å². The van der Waals surface area contributed by atoms with Gasteiger partial charge in [0.25, 0.3) is 0 Å². The molecule has 378 valence electrons. The molecule has 0 saturated heterocycles. The Morgan fingerprint density at radius 1 is 0.507 bits per heavy atom. The average molecular weight is 975 g/mol. The maximum atomic E-state index is 14.0. The van der Waals surface area contributed by atoms with E-state index in [9.17, 15) is 19.2 Å². The fraction of sp³-hybridized carbons (Fsp3) is 0.491. The molecule has 3 aromatic carbocycles. The number of thioether (sulfide) groups is 1. The minimum Gasteiger partial charge on any atom is -0.493 e.